The zero-order valence-corrected chi connectivity index (χ0v) is 14.9. The lowest BCUT2D eigenvalue weighted by Gasteiger charge is -2.13. The van der Waals surface area contributed by atoms with E-state index in [0.717, 1.165) is 0 Å². The van der Waals surface area contributed by atoms with E-state index in [2.05, 4.69) is 4.72 Å². The molecule has 1 aromatic carbocycles. The van der Waals surface area contributed by atoms with Crippen LogP contribution in [-0.4, -0.2) is 26.7 Å². The minimum atomic E-state index is -3.71. The van der Waals surface area contributed by atoms with Gasteiger partial charge in [-0.25, -0.2) is 13.1 Å². The third kappa shape index (κ3) is 4.37. The Morgan fingerprint density at radius 2 is 2.00 bits per heavy atom. The number of hydrogen-bond acceptors (Lipinski definition) is 5. The molecule has 1 aromatic heterocycles. The number of benzene rings is 1. The van der Waals surface area contributed by atoms with E-state index in [-0.39, 0.29) is 17.9 Å². The predicted molar refractivity (Wildman–Crippen MR) is 90.6 cm³/mol. The first-order chi connectivity index (χ1) is 11.3. The highest BCUT2D eigenvalue weighted by atomic mass is 32.2. The third-order valence-corrected chi connectivity index (χ3v) is 5.09. The van der Waals surface area contributed by atoms with Crippen LogP contribution >= 0.6 is 0 Å². The van der Waals surface area contributed by atoms with Crippen molar-refractivity contribution in [3.63, 3.8) is 0 Å². The second-order valence-corrected chi connectivity index (χ2v) is 7.19. The van der Waals surface area contributed by atoms with Gasteiger partial charge in [0, 0.05) is 12.1 Å². The van der Waals surface area contributed by atoms with Gasteiger partial charge in [-0.15, -0.1) is 0 Å². The fourth-order valence-corrected chi connectivity index (χ4v) is 3.68. The summed E-state index contributed by atoms with van der Waals surface area (Å²) in [6.45, 7) is 5.85. The third-order valence-electron chi connectivity index (χ3n) is 3.59. The summed E-state index contributed by atoms with van der Waals surface area (Å²) in [6.07, 6.45) is -0.539. The second kappa shape index (κ2) is 7.83. The minimum absolute atomic E-state index is 0.0941. The maximum absolute atomic E-state index is 12.4. The van der Waals surface area contributed by atoms with Crippen molar-refractivity contribution in [2.75, 3.05) is 13.2 Å². The highest BCUT2D eigenvalue weighted by molar-refractivity contribution is 7.89. The number of nitrogens with one attached hydrogen (secondary N) is 1. The van der Waals surface area contributed by atoms with Crippen LogP contribution in [0.25, 0.3) is 0 Å². The van der Waals surface area contributed by atoms with Crippen LogP contribution in [0.3, 0.4) is 0 Å². The Morgan fingerprint density at radius 3 is 2.62 bits per heavy atom. The highest BCUT2D eigenvalue weighted by Gasteiger charge is 2.20. The van der Waals surface area contributed by atoms with Crippen molar-refractivity contribution in [2.24, 2.45) is 0 Å². The Morgan fingerprint density at radius 1 is 1.29 bits per heavy atom. The fourth-order valence-electron chi connectivity index (χ4n) is 2.49. The molecule has 2 aromatic rings. The van der Waals surface area contributed by atoms with Crippen molar-refractivity contribution >= 4 is 10.0 Å². The maximum Gasteiger partial charge on any atom is 0.244 e. The van der Waals surface area contributed by atoms with Crippen LogP contribution in [0.15, 0.2) is 39.6 Å². The minimum Gasteiger partial charge on any atom is -0.492 e. The van der Waals surface area contributed by atoms with Gasteiger partial charge < -0.3 is 14.3 Å². The molecule has 2 N–H and O–H groups in total. The zero-order valence-electron chi connectivity index (χ0n) is 14.1. The van der Waals surface area contributed by atoms with Crippen LogP contribution in [0.4, 0.5) is 0 Å². The SMILES string of the molecule is CCOc1ccccc1S(=O)(=O)NCCC(O)c1cc(C)oc1C. The average Bonchev–Trinajstić information content (AvgIpc) is 2.86. The van der Waals surface area contributed by atoms with Gasteiger partial charge in [-0.2, -0.15) is 0 Å². The Balaban J connectivity index is 2.02. The molecule has 0 fully saturated rings. The topological polar surface area (TPSA) is 88.8 Å². The number of aliphatic hydroxyl groups is 1. The van der Waals surface area contributed by atoms with E-state index < -0.39 is 16.1 Å². The first-order valence-corrected chi connectivity index (χ1v) is 9.30. The van der Waals surface area contributed by atoms with E-state index in [4.69, 9.17) is 9.15 Å². The van der Waals surface area contributed by atoms with Crippen molar-refractivity contribution in [3.8, 4) is 5.75 Å². The molecule has 0 saturated heterocycles. The summed E-state index contributed by atoms with van der Waals surface area (Å²) >= 11 is 0. The van der Waals surface area contributed by atoms with Gasteiger partial charge in [-0.05, 0) is 45.4 Å². The summed E-state index contributed by atoms with van der Waals surface area (Å²) in [5.41, 5.74) is 0.682. The normalized spacial score (nSPS) is 13.0. The van der Waals surface area contributed by atoms with Gasteiger partial charge in [0.2, 0.25) is 10.0 Å². The van der Waals surface area contributed by atoms with Crippen LogP contribution < -0.4 is 9.46 Å². The molecule has 0 spiro atoms. The van der Waals surface area contributed by atoms with Crippen LogP contribution in [0, 0.1) is 13.8 Å². The molecule has 0 radical (unpaired) electrons. The quantitative estimate of drug-likeness (QED) is 0.762. The first kappa shape index (κ1) is 18.5. The van der Waals surface area contributed by atoms with E-state index in [9.17, 15) is 13.5 Å². The van der Waals surface area contributed by atoms with Crippen molar-refractivity contribution in [3.05, 3.63) is 47.4 Å². The van der Waals surface area contributed by atoms with Gasteiger partial charge in [0.15, 0.2) is 0 Å². The molecule has 1 heterocycles. The molecule has 0 aliphatic heterocycles. The summed E-state index contributed by atoms with van der Waals surface area (Å²) in [7, 11) is -3.71. The summed E-state index contributed by atoms with van der Waals surface area (Å²) < 4.78 is 38.1. The Bertz CT molecular complexity index is 782. The molecular weight excluding hydrogens is 330 g/mol. The summed E-state index contributed by atoms with van der Waals surface area (Å²) in [5, 5.41) is 10.2. The van der Waals surface area contributed by atoms with Crippen LogP contribution in [-0.2, 0) is 10.0 Å². The fraction of sp³-hybridized carbons (Fsp3) is 0.412. The first-order valence-electron chi connectivity index (χ1n) is 7.81. The van der Waals surface area contributed by atoms with Crippen molar-refractivity contribution in [2.45, 2.75) is 38.2 Å². The molecule has 0 aliphatic carbocycles. The van der Waals surface area contributed by atoms with E-state index in [0.29, 0.717) is 29.4 Å². The van der Waals surface area contributed by atoms with Crippen LogP contribution in [0.1, 0.15) is 36.5 Å². The number of aliphatic hydroxyl groups excluding tert-OH is 1. The number of ether oxygens (including phenoxy) is 1. The van der Waals surface area contributed by atoms with E-state index in [1.807, 2.05) is 0 Å². The van der Waals surface area contributed by atoms with E-state index >= 15 is 0 Å². The Labute approximate surface area is 142 Å². The molecule has 1 atom stereocenters. The van der Waals surface area contributed by atoms with Crippen molar-refractivity contribution < 1.29 is 22.7 Å². The second-order valence-electron chi connectivity index (χ2n) is 5.45. The number of aryl methyl sites for hydroxylation is 2. The molecule has 1 unspecified atom stereocenters. The van der Waals surface area contributed by atoms with Gasteiger partial charge in [0.25, 0.3) is 0 Å². The van der Waals surface area contributed by atoms with Gasteiger partial charge in [0.1, 0.15) is 22.2 Å². The van der Waals surface area contributed by atoms with Gasteiger partial charge in [-0.3, -0.25) is 0 Å². The highest BCUT2D eigenvalue weighted by Crippen LogP contribution is 2.25. The van der Waals surface area contributed by atoms with E-state index in [1.165, 1.54) is 6.07 Å². The van der Waals surface area contributed by atoms with Crippen LogP contribution in [0.5, 0.6) is 5.75 Å². The monoisotopic (exact) mass is 353 g/mol. The molecule has 132 valence electrons. The lowest BCUT2D eigenvalue weighted by molar-refractivity contribution is 0.167. The molecule has 0 bridgehead atoms. The standard InChI is InChI=1S/C17H23NO5S/c1-4-22-16-7-5-6-8-17(16)24(20,21)18-10-9-15(19)14-11-12(2)23-13(14)3/h5-8,11,15,18-19H,4,9-10H2,1-3H3. The molecule has 0 aliphatic rings. The van der Waals surface area contributed by atoms with Gasteiger partial charge in [0.05, 0.1) is 12.7 Å². The maximum atomic E-state index is 12.4. The molecular formula is C17H23NO5S. The van der Waals surface area contributed by atoms with Crippen molar-refractivity contribution in [1.29, 1.82) is 0 Å². The number of para-hydroxylation sites is 1. The summed E-state index contributed by atoms with van der Waals surface area (Å²) in [6, 6.07) is 8.23. The molecule has 2 rings (SSSR count). The lowest BCUT2D eigenvalue weighted by atomic mass is 10.1. The van der Waals surface area contributed by atoms with Crippen molar-refractivity contribution in [1.82, 2.24) is 4.72 Å². The Hall–Kier alpha value is -1.83. The zero-order chi connectivity index (χ0) is 17.7. The number of rotatable bonds is 8. The Kier molecular flexibility index (Phi) is 6.04. The molecule has 24 heavy (non-hydrogen) atoms. The molecule has 0 saturated carbocycles. The number of hydrogen-bond donors (Lipinski definition) is 2. The molecule has 7 heteroatoms. The van der Waals surface area contributed by atoms with Gasteiger partial charge >= 0.3 is 0 Å². The van der Waals surface area contributed by atoms with Gasteiger partial charge in [-0.1, -0.05) is 12.1 Å². The summed E-state index contributed by atoms with van der Waals surface area (Å²) in [5.74, 6) is 1.67. The number of sulfonamides is 1. The molecule has 6 nitrogen and oxygen atoms in total. The largest absolute Gasteiger partial charge is 0.492 e. The van der Waals surface area contributed by atoms with E-state index in [1.54, 1.807) is 45.0 Å². The predicted octanol–water partition coefficient (Wildman–Crippen LogP) is 2.70. The summed E-state index contributed by atoms with van der Waals surface area (Å²) in [4.78, 5) is 0.0941. The lowest BCUT2D eigenvalue weighted by Crippen LogP contribution is -2.26. The average molecular weight is 353 g/mol. The van der Waals surface area contributed by atoms with Crippen LogP contribution in [0.2, 0.25) is 0 Å². The smallest absolute Gasteiger partial charge is 0.244 e. The number of furan rings is 1. The molecule has 0 amide bonds.